The van der Waals surface area contributed by atoms with Gasteiger partial charge in [-0.25, -0.2) is 4.39 Å². The number of fused-ring (bicyclic) bond motifs is 3. The van der Waals surface area contributed by atoms with Crippen LogP contribution in [0.1, 0.15) is 21.6 Å². The number of amides is 1. The number of carbonyl (C=O) groups excluding carboxylic acids is 1. The summed E-state index contributed by atoms with van der Waals surface area (Å²) in [5.74, 6) is -0.246. The predicted octanol–water partition coefficient (Wildman–Crippen LogP) is 4.27. The molecule has 0 saturated heterocycles. The number of aromatic amines is 1. The van der Waals surface area contributed by atoms with Crippen molar-refractivity contribution in [3.63, 3.8) is 0 Å². The number of nitrogens with one attached hydrogen (secondary N) is 1. The monoisotopic (exact) mass is 372 g/mol. The molecule has 23 heavy (non-hydrogen) atoms. The zero-order valence-corrected chi connectivity index (χ0v) is 13.9. The molecule has 1 amide bonds. The minimum Gasteiger partial charge on any atom is -0.358 e. The number of rotatable bonds is 1. The third-order valence-corrected chi connectivity index (χ3v) is 4.84. The fourth-order valence-electron chi connectivity index (χ4n) is 3.13. The molecule has 1 aromatic heterocycles. The molecule has 5 heteroatoms. The molecule has 1 N–H and O–H groups in total. The van der Waals surface area contributed by atoms with Crippen molar-refractivity contribution in [1.82, 2.24) is 9.88 Å². The summed E-state index contributed by atoms with van der Waals surface area (Å²) in [5.41, 5.74) is 3.72. The van der Waals surface area contributed by atoms with Crippen LogP contribution in [0.2, 0.25) is 0 Å². The van der Waals surface area contributed by atoms with E-state index in [-0.39, 0.29) is 11.7 Å². The van der Waals surface area contributed by atoms with E-state index in [2.05, 4.69) is 20.9 Å². The van der Waals surface area contributed by atoms with Crippen molar-refractivity contribution >= 4 is 32.7 Å². The van der Waals surface area contributed by atoms with E-state index < -0.39 is 0 Å². The van der Waals surface area contributed by atoms with Gasteiger partial charge in [0.2, 0.25) is 0 Å². The van der Waals surface area contributed by atoms with Gasteiger partial charge in [-0.05, 0) is 42.5 Å². The fourth-order valence-corrected chi connectivity index (χ4v) is 3.40. The van der Waals surface area contributed by atoms with Crippen LogP contribution in [0.3, 0.4) is 0 Å². The molecule has 0 unspecified atom stereocenters. The maximum absolute atomic E-state index is 13.5. The van der Waals surface area contributed by atoms with E-state index in [1.54, 1.807) is 6.07 Å². The molecule has 0 spiro atoms. The molecule has 116 valence electrons. The molecule has 0 aliphatic carbocycles. The Labute approximate surface area is 141 Å². The normalized spacial score (nSPS) is 14.1. The van der Waals surface area contributed by atoms with Crippen molar-refractivity contribution in [2.45, 2.75) is 13.0 Å². The van der Waals surface area contributed by atoms with Crippen LogP contribution in [-0.4, -0.2) is 22.3 Å². The highest BCUT2D eigenvalue weighted by molar-refractivity contribution is 9.10. The number of hydrogen-bond donors (Lipinski definition) is 1. The molecule has 0 fully saturated rings. The molecule has 1 aliphatic rings. The van der Waals surface area contributed by atoms with Crippen LogP contribution in [0.4, 0.5) is 4.39 Å². The Hall–Kier alpha value is -2.14. The third kappa shape index (κ3) is 2.55. The largest absolute Gasteiger partial charge is 0.358 e. The van der Waals surface area contributed by atoms with Crippen LogP contribution in [0, 0.1) is 5.82 Å². The summed E-state index contributed by atoms with van der Waals surface area (Å²) in [6.07, 6.45) is 0.758. The maximum Gasteiger partial charge on any atom is 0.254 e. The summed E-state index contributed by atoms with van der Waals surface area (Å²) >= 11 is 3.38. The van der Waals surface area contributed by atoms with Crippen molar-refractivity contribution in [3.8, 4) is 0 Å². The van der Waals surface area contributed by atoms with Gasteiger partial charge in [0.1, 0.15) is 5.82 Å². The average Bonchev–Trinajstić information content (AvgIpc) is 2.92. The van der Waals surface area contributed by atoms with Crippen molar-refractivity contribution in [1.29, 1.82) is 0 Å². The van der Waals surface area contributed by atoms with Gasteiger partial charge in [-0.1, -0.05) is 15.9 Å². The molecular formula is C18H14BrFN2O. The van der Waals surface area contributed by atoms with E-state index in [0.717, 1.165) is 33.1 Å². The lowest BCUT2D eigenvalue weighted by molar-refractivity contribution is 0.0735. The van der Waals surface area contributed by atoms with Crippen LogP contribution < -0.4 is 0 Å². The third-order valence-electron chi connectivity index (χ3n) is 4.32. The van der Waals surface area contributed by atoms with Crippen LogP contribution >= 0.6 is 15.9 Å². The number of nitrogens with zero attached hydrogens (tertiary/aromatic N) is 1. The number of hydrogen-bond acceptors (Lipinski definition) is 1. The summed E-state index contributed by atoms with van der Waals surface area (Å²) in [5, 5.41) is 0.869. The van der Waals surface area contributed by atoms with Gasteiger partial charge in [-0.15, -0.1) is 0 Å². The van der Waals surface area contributed by atoms with Gasteiger partial charge in [-0.3, -0.25) is 4.79 Å². The molecule has 3 aromatic rings. The first-order chi connectivity index (χ1) is 11.1. The molecule has 3 nitrogen and oxygen atoms in total. The summed E-state index contributed by atoms with van der Waals surface area (Å²) in [7, 11) is 0. The van der Waals surface area contributed by atoms with Gasteiger partial charge in [0.25, 0.3) is 5.91 Å². The lowest BCUT2D eigenvalue weighted by atomic mass is 10.0. The molecule has 2 aromatic carbocycles. The summed E-state index contributed by atoms with van der Waals surface area (Å²) in [4.78, 5) is 17.8. The highest BCUT2D eigenvalue weighted by Crippen LogP contribution is 2.29. The van der Waals surface area contributed by atoms with Gasteiger partial charge in [0.05, 0.1) is 0 Å². The van der Waals surface area contributed by atoms with Gasteiger partial charge in [-0.2, -0.15) is 0 Å². The van der Waals surface area contributed by atoms with Crippen LogP contribution in [-0.2, 0) is 13.0 Å². The average molecular weight is 373 g/mol. The molecule has 0 bridgehead atoms. The van der Waals surface area contributed by atoms with Crippen molar-refractivity contribution < 1.29 is 9.18 Å². The van der Waals surface area contributed by atoms with Crippen LogP contribution in [0.25, 0.3) is 10.9 Å². The standard InChI is InChI=1S/C18H14BrFN2O/c19-12-3-1-11(2-4-12)18(23)22-8-7-17-15(10-22)14-9-13(20)5-6-16(14)21-17/h1-6,9,21H,7-8,10H2. The molecule has 2 heterocycles. The first-order valence-electron chi connectivity index (χ1n) is 7.45. The molecule has 1 aliphatic heterocycles. The molecule has 0 atom stereocenters. The molecular weight excluding hydrogens is 359 g/mol. The number of carbonyl (C=O) groups is 1. The van der Waals surface area contributed by atoms with Crippen LogP contribution in [0.15, 0.2) is 46.9 Å². The van der Waals surface area contributed by atoms with E-state index in [0.29, 0.717) is 18.7 Å². The van der Waals surface area contributed by atoms with Gasteiger partial charge in [0.15, 0.2) is 0 Å². The second-order valence-corrected chi connectivity index (χ2v) is 6.67. The quantitative estimate of drug-likeness (QED) is 0.680. The van der Waals surface area contributed by atoms with Crippen molar-refractivity contribution in [2.24, 2.45) is 0 Å². The Morgan fingerprint density at radius 1 is 1.17 bits per heavy atom. The Morgan fingerprint density at radius 2 is 1.96 bits per heavy atom. The lowest BCUT2D eigenvalue weighted by Gasteiger charge is -2.27. The first kappa shape index (κ1) is 14.5. The fraction of sp³-hybridized carbons (Fsp3) is 0.167. The summed E-state index contributed by atoms with van der Waals surface area (Å²) in [6.45, 7) is 1.17. The van der Waals surface area contributed by atoms with E-state index >= 15 is 0 Å². The zero-order chi connectivity index (χ0) is 16.0. The number of H-pyrrole nitrogens is 1. The Morgan fingerprint density at radius 3 is 2.74 bits per heavy atom. The van der Waals surface area contributed by atoms with Crippen molar-refractivity contribution in [3.05, 3.63) is 69.6 Å². The molecule has 4 rings (SSSR count). The Balaban J connectivity index is 1.67. The van der Waals surface area contributed by atoms with Gasteiger partial charge >= 0.3 is 0 Å². The zero-order valence-electron chi connectivity index (χ0n) is 12.3. The Kier molecular flexibility index (Phi) is 3.45. The predicted molar refractivity (Wildman–Crippen MR) is 90.8 cm³/mol. The summed E-state index contributed by atoms with van der Waals surface area (Å²) < 4.78 is 14.5. The van der Waals surface area contributed by atoms with E-state index in [1.165, 1.54) is 12.1 Å². The number of aromatic nitrogens is 1. The Bertz CT molecular complexity index is 901. The van der Waals surface area contributed by atoms with E-state index in [4.69, 9.17) is 0 Å². The second kappa shape index (κ2) is 5.49. The summed E-state index contributed by atoms with van der Waals surface area (Å²) in [6, 6.07) is 12.1. The number of halogens is 2. The molecule has 0 radical (unpaired) electrons. The maximum atomic E-state index is 13.5. The van der Waals surface area contributed by atoms with E-state index in [1.807, 2.05) is 29.2 Å². The lowest BCUT2D eigenvalue weighted by Crippen LogP contribution is -2.35. The topological polar surface area (TPSA) is 36.1 Å². The van der Waals surface area contributed by atoms with Crippen molar-refractivity contribution in [2.75, 3.05) is 6.54 Å². The van der Waals surface area contributed by atoms with Gasteiger partial charge < -0.3 is 9.88 Å². The molecule has 0 saturated carbocycles. The minimum absolute atomic E-state index is 0.00824. The highest BCUT2D eigenvalue weighted by atomic mass is 79.9. The highest BCUT2D eigenvalue weighted by Gasteiger charge is 2.24. The minimum atomic E-state index is -0.254. The van der Waals surface area contributed by atoms with E-state index in [9.17, 15) is 9.18 Å². The van der Waals surface area contributed by atoms with Gasteiger partial charge in [0, 0.05) is 51.7 Å². The van der Waals surface area contributed by atoms with Crippen LogP contribution in [0.5, 0.6) is 0 Å². The first-order valence-corrected chi connectivity index (χ1v) is 8.25. The second-order valence-electron chi connectivity index (χ2n) is 5.76. The SMILES string of the molecule is O=C(c1ccc(Br)cc1)N1CCc2[nH]c3ccc(F)cc3c2C1. The smallest absolute Gasteiger partial charge is 0.254 e. The number of benzene rings is 2.